The van der Waals surface area contributed by atoms with E-state index in [9.17, 15) is 17.6 Å². The molecule has 0 fully saturated rings. The SMILES string of the molecule is Cn1cc(COc2cc(-c3cnnc(-c4ccccc4)c3)ccc2F)c(C(F)(F)F)n1. The minimum atomic E-state index is -4.63. The summed E-state index contributed by atoms with van der Waals surface area (Å²) in [5.74, 6) is -0.862. The highest BCUT2D eigenvalue weighted by atomic mass is 19.4. The Kier molecular flexibility index (Phi) is 5.41. The summed E-state index contributed by atoms with van der Waals surface area (Å²) in [5.41, 5.74) is 1.51. The second-order valence-corrected chi connectivity index (χ2v) is 6.80. The normalized spacial score (nSPS) is 11.5. The molecule has 4 rings (SSSR count). The van der Waals surface area contributed by atoms with Crippen molar-refractivity contribution in [3.05, 3.63) is 84.1 Å². The van der Waals surface area contributed by atoms with Gasteiger partial charge in [-0.15, -0.1) is 0 Å². The Hall–Kier alpha value is -3.75. The summed E-state index contributed by atoms with van der Waals surface area (Å²) in [6.45, 7) is -0.479. The first-order chi connectivity index (χ1) is 14.8. The Morgan fingerprint density at radius 3 is 2.48 bits per heavy atom. The van der Waals surface area contributed by atoms with E-state index in [0.29, 0.717) is 16.8 Å². The van der Waals surface area contributed by atoms with Crippen LogP contribution in [-0.4, -0.2) is 20.0 Å². The van der Waals surface area contributed by atoms with Gasteiger partial charge < -0.3 is 4.74 Å². The van der Waals surface area contributed by atoms with Gasteiger partial charge in [0.2, 0.25) is 0 Å². The summed E-state index contributed by atoms with van der Waals surface area (Å²) in [4.78, 5) is 0. The second kappa shape index (κ2) is 8.17. The third kappa shape index (κ3) is 4.55. The molecule has 0 aliphatic heterocycles. The van der Waals surface area contributed by atoms with Crippen LogP contribution in [0.2, 0.25) is 0 Å². The molecule has 0 bridgehead atoms. The Balaban J connectivity index is 1.61. The lowest BCUT2D eigenvalue weighted by molar-refractivity contribution is -0.142. The summed E-state index contributed by atoms with van der Waals surface area (Å²) in [7, 11) is 1.38. The average molecular weight is 428 g/mol. The molecule has 0 unspecified atom stereocenters. The van der Waals surface area contributed by atoms with Crippen LogP contribution in [0.5, 0.6) is 5.75 Å². The van der Waals surface area contributed by atoms with Crippen LogP contribution < -0.4 is 4.74 Å². The molecule has 0 saturated carbocycles. The molecule has 4 aromatic rings. The predicted octanol–water partition coefficient (Wildman–Crippen LogP) is 5.28. The summed E-state index contributed by atoms with van der Waals surface area (Å²) in [5, 5.41) is 11.5. The van der Waals surface area contributed by atoms with Crippen LogP contribution in [0.25, 0.3) is 22.4 Å². The molecule has 0 atom stereocenters. The fraction of sp³-hybridized carbons (Fsp3) is 0.136. The molecule has 0 radical (unpaired) electrons. The minimum Gasteiger partial charge on any atom is -0.486 e. The quantitative estimate of drug-likeness (QED) is 0.406. The number of hydrogen-bond donors (Lipinski definition) is 0. The van der Waals surface area contributed by atoms with Gasteiger partial charge in [-0.2, -0.15) is 28.5 Å². The monoisotopic (exact) mass is 428 g/mol. The first-order valence-corrected chi connectivity index (χ1v) is 9.22. The summed E-state index contributed by atoms with van der Waals surface area (Å²) >= 11 is 0. The third-order valence-corrected chi connectivity index (χ3v) is 4.54. The van der Waals surface area contributed by atoms with E-state index in [0.717, 1.165) is 10.2 Å². The van der Waals surface area contributed by atoms with Gasteiger partial charge in [-0.3, -0.25) is 4.68 Å². The Morgan fingerprint density at radius 2 is 1.74 bits per heavy atom. The number of halogens is 4. The molecule has 158 valence electrons. The van der Waals surface area contributed by atoms with Gasteiger partial charge >= 0.3 is 6.18 Å². The van der Waals surface area contributed by atoms with Crippen LogP contribution in [0.3, 0.4) is 0 Å². The zero-order chi connectivity index (χ0) is 22.0. The maximum Gasteiger partial charge on any atom is 0.435 e. The number of ether oxygens (including phenoxy) is 1. The maximum absolute atomic E-state index is 14.3. The fourth-order valence-corrected chi connectivity index (χ4v) is 3.11. The van der Waals surface area contributed by atoms with E-state index >= 15 is 0 Å². The van der Waals surface area contributed by atoms with Crippen molar-refractivity contribution in [2.75, 3.05) is 0 Å². The number of nitrogens with zero attached hydrogens (tertiary/aromatic N) is 4. The van der Waals surface area contributed by atoms with Crippen molar-refractivity contribution in [1.29, 1.82) is 0 Å². The van der Waals surface area contributed by atoms with Gasteiger partial charge in [0, 0.05) is 29.9 Å². The molecule has 0 amide bonds. The molecule has 31 heavy (non-hydrogen) atoms. The van der Waals surface area contributed by atoms with Crippen LogP contribution in [0.1, 0.15) is 11.3 Å². The molecule has 2 aromatic carbocycles. The minimum absolute atomic E-state index is 0.174. The van der Waals surface area contributed by atoms with Crippen molar-refractivity contribution in [2.24, 2.45) is 7.05 Å². The summed E-state index contributed by atoms with van der Waals surface area (Å²) in [6.07, 6.45) is -1.91. The highest BCUT2D eigenvalue weighted by Crippen LogP contribution is 2.32. The van der Waals surface area contributed by atoms with Crippen molar-refractivity contribution in [1.82, 2.24) is 20.0 Å². The number of aromatic nitrogens is 4. The van der Waals surface area contributed by atoms with E-state index in [1.165, 1.54) is 31.6 Å². The lowest BCUT2D eigenvalue weighted by atomic mass is 10.0. The Labute approximate surface area is 174 Å². The van der Waals surface area contributed by atoms with Gasteiger partial charge in [-0.1, -0.05) is 36.4 Å². The van der Waals surface area contributed by atoms with Crippen LogP contribution in [0.15, 0.2) is 67.0 Å². The zero-order valence-electron chi connectivity index (χ0n) is 16.3. The van der Waals surface area contributed by atoms with Gasteiger partial charge in [-0.05, 0) is 23.8 Å². The van der Waals surface area contributed by atoms with Gasteiger partial charge in [0.15, 0.2) is 17.3 Å². The molecule has 0 aliphatic carbocycles. The molecule has 5 nitrogen and oxygen atoms in total. The summed E-state index contributed by atoms with van der Waals surface area (Å²) in [6, 6.07) is 15.4. The lowest BCUT2D eigenvalue weighted by Crippen LogP contribution is -2.11. The fourth-order valence-electron chi connectivity index (χ4n) is 3.11. The van der Waals surface area contributed by atoms with Crippen molar-refractivity contribution in [2.45, 2.75) is 12.8 Å². The molecule has 0 spiro atoms. The molecule has 0 saturated heterocycles. The standard InChI is InChI=1S/C22H16F4N4O/c1-30-12-17(21(29-30)22(24,25)26)13-31-20-10-15(7-8-18(20)23)16-9-19(28-27-11-16)14-5-3-2-4-6-14/h2-12H,13H2,1H3. The summed E-state index contributed by atoms with van der Waals surface area (Å²) < 4.78 is 60.0. The molecular weight excluding hydrogens is 412 g/mol. The van der Waals surface area contributed by atoms with Gasteiger partial charge in [-0.25, -0.2) is 4.39 Å². The zero-order valence-corrected chi connectivity index (χ0v) is 16.3. The number of alkyl halides is 3. The topological polar surface area (TPSA) is 52.8 Å². The Morgan fingerprint density at radius 1 is 0.968 bits per heavy atom. The van der Waals surface area contributed by atoms with E-state index in [4.69, 9.17) is 4.74 Å². The molecule has 0 aliphatic rings. The second-order valence-electron chi connectivity index (χ2n) is 6.80. The molecule has 0 N–H and O–H groups in total. The van der Waals surface area contributed by atoms with Gasteiger partial charge in [0.05, 0.1) is 11.9 Å². The van der Waals surface area contributed by atoms with Crippen molar-refractivity contribution >= 4 is 0 Å². The van der Waals surface area contributed by atoms with Crippen molar-refractivity contribution in [3.8, 4) is 28.1 Å². The maximum atomic E-state index is 14.3. The van der Waals surface area contributed by atoms with E-state index in [2.05, 4.69) is 15.3 Å². The van der Waals surface area contributed by atoms with E-state index < -0.39 is 24.3 Å². The highest BCUT2D eigenvalue weighted by molar-refractivity contribution is 5.70. The molecule has 2 heterocycles. The molecule has 9 heteroatoms. The lowest BCUT2D eigenvalue weighted by Gasteiger charge is -2.11. The van der Waals surface area contributed by atoms with Gasteiger partial charge in [0.25, 0.3) is 0 Å². The number of rotatable bonds is 5. The number of benzene rings is 2. The highest BCUT2D eigenvalue weighted by Gasteiger charge is 2.37. The average Bonchev–Trinajstić information content (AvgIpc) is 3.15. The van der Waals surface area contributed by atoms with E-state index in [1.807, 2.05) is 30.3 Å². The molecular formula is C22H16F4N4O. The van der Waals surface area contributed by atoms with Crippen LogP contribution >= 0.6 is 0 Å². The smallest absolute Gasteiger partial charge is 0.435 e. The van der Waals surface area contributed by atoms with Crippen molar-refractivity contribution < 1.29 is 22.3 Å². The van der Waals surface area contributed by atoms with Gasteiger partial charge in [0.1, 0.15) is 6.61 Å². The first-order valence-electron chi connectivity index (χ1n) is 9.22. The third-order valence-electron chi connectivity index (χ3n) is 4.54. The predicted molar refractivity (Wildman–Crippen MR) is 105 cm³/mol. The largest absolute Gasteiger partial charge is 0.486 e. The van der Waals surface area contributed by atoms with Crippen LogP contribution in [0.4, 0.5) is 17.6 Å². The number of hydrogen-bond acceptors (Lipinski definition) is 4. The van der Waals surface area contributed by atoms with E-state index in [1.54, 1.807) is 12.1 Å². The van der Waals surface area contributed by atoms with E-state index in [-0.39, 0.29) is 11.3 Å². The van der Waals surface area contributed by atoms with Crippen LogP contribution in [0, 0.1) is 5.82 Å². The van der Waals surface area contributed by atoms with Crippen LogP contribution in [-0.2, 0) is 19.8 Å². The first kappa shape index (κ1) is 20.5. The Bertz CT molecular complexity index is 1210. The van der Waals surface area contributed by atoms with Crippen molar-refractivity contribution in [3.63, 3.8) is 0 Å². The number of aryl methyl sites for hydroxylation is 1. The molecule has 2 aromatic heterocycles.